The zero-order valence-electron chi connectivity index (χ0n) is 10.2. The van der Waals surface area contributed by atoms with Crippen molar-refractivity contribution in [1.29, 1.82) is 0 Å². The molecule has 16 heavy (non-hydrogen) atoms. The lowest BCUT2D eigenvalue weighted by Gasteiger charge is -2.20. The van der Waals surface area contributed by atoms with Gasteiger partial charge in [0, 0.05) is 22.3 Å². The Morgan fingerprint density at radius 1 is 1.50 bits per heavy atom. The van der Waals surface area contributed by atoms with Gasteiger partial charge in [-0.05, 0) is 44.2 Å². The molecule has 0 aromatic carbocycles. The van der Waals surface area contributed by atoms with Crippen LogP contribution in [0.15, 0.2) is 12.1 Å². The third-order valence-corrected chi connectivity index (χ3v) is 4.59. The highest BCUT2D eigenvalue weighted by Crippen LogP contribution is 2.28. The molecule has 2 rings (SSSR count). The van der Waals surface area contributed by atoms with E-state index in [2.05, 4.69) is 31.3 Å². The maximum atomic E-state index is 5.87. The van der Waals surface area contributed by atoms with Crippen molar-refractivity contribution in [3.05, 3.63) is 21.9 Å². The minimum absolute atomic E-state index is 0.356. The maximum Gasteiger partial charge on any atom is 0.0541 e. The molecule has 1 aliphatic rings. The van der Waals surface area contributed by atoms with Gasteiger partial charge in [-0.2, -0.15) is 0 Å². The molecule has 0 radical (unpaired) electrons. The van der Waals surface area contributed by atoms with E-state index in [0.29, 0.717) is 18.6 Å². The third-order valence-electron chi connectivity index (χ3n) is 3.47. The molecule has 1 aromatic rings. The van der Waals surface area contributed by atoms with Crippen LogP contribution in [0.2, 0.25) is 0 Å². The smallest absolute Gasteiger partial charge is 0.0541 e. The Morgan fingerprint density at radius 2 is 2.31 bits per heavy atom. The van der Waals surface area contributed by atoms with Gasteiger partial charge in [-0.15, -0.1) is 11.3 Å². The molecule has 1 aromatic heterocycles. The molecule has 3 atom stereocenters. The van der Waals surface area contributed by atoms with Crippen LogP contribution in [0.5, 0.6) is 0 Å². The van der Waals surface area contributed by atoms with Gasteiger partial charge in [0.15, 0.2) is 0 Å². The molecule has 90 valence electrons. The normalized spacial score (nSPS) is 27.2. The minimum Gasteiger partial charge on any atom is -0.329 e. The van der Waals surface area contributed by atoms with Crippen molar-refractivity contribution < 1.29 is 0 Å². The van der Waals surface area contributed by atoms with Crippen molar-refractivity contribution in [2.45, 2.75) is 45.2 Å². The van der Waals surface area contributed by atoms with Gasteiger partial charge in [0.05, 0.1) is 6.04 Å². The summed E-state index contributed by atoms with van der Waals surface area (Å²) in [5, 5.41) is 3.71. The van der Waals surface area contributed by atoms with Crippen molar-refractivity contribution in [1.82, 2.24) is 5.32 Å². The largest absolute Gasteiger partial charge is 0.329 e. The first-order valence-electron chi connectivity index (χ1n) is 6.21. The molecule has 0 saturated heterocycles. The zero-order valence-corrected chi connectivity index (χ0v) is 11.0. The second-order valence-electron chi connectivity index (χ2n) is 5.02. The molecule has 1 saturated carbocycles. The second-order valence-corrected chi connectivity index (χ2v) is 6.34. The maximum absolute atomic E-state index is 5.87. The van der Waals surface area contributed by atoms with E-state index in [1.165, 1.54) is 29.0 Å². The summed E-state index contributed by atoms with van der Waals surface area (Å²) in [6.07, 6.45) is 3.97. The van der Waals surface area contributed by atoms with Crippen LogP contribution in [-0.2, 0) is 0 Å². The van der Waals surface area contributed by atoms with E-state index < -0.39 is 0 Å². The highest BCUT2D eigenvalue weighted by atomic mass is 32.1. The van der Waals surface area contributed by atoms with E-state index >= 15 is 0 Å². The Kier molecular flexibility index (Phi) is 4.00. The summed E-state index contributed by atoms with van der Waals surface area (Å²) >= 11 is 1.86. The molecule has 3 heteroatoms. The number of thiophene rings is 1. The van der Waals surface area contributed by atoms with Gasteiger partial charge in [0.1, 0.15) is 0 Å². The lowest BCUT2D eigenvalue weighted by molar-refractivity contribution is 0.438. The van der Waals surface area contributed by atoms with Crippen LogP contribution in [0.1, 0.15) is 42.0 Å². The molecule has 0 spiro atoms. The van der Waals surface area contributed by atoms with Gasteiger partial charge in [-0.1, -0.05) is 6.92 Å². The van der Waals surface area contributed by atoms with E-state index in [9.17, 15) is 0 Å². The van der Waals surface area contributed by atoms with Gasteiger partial charge < -0.3 is 11.1 Å². The molecule has 1 fully saturated rings. The van der Waals surface area contributed by atoms with Crippen molar-refractivity contribution in [3.8, 4) is 0 Å². The predicted octanol–water partition coefficient (Wildman–Crippen LogP) is 2.83. The Morgan fingerprint density at radius 3 is 2.81 bits per heavy atom. The molecule has 0 bridgehead atoms. The van der Waals surface area contributed by atoms with E-state index in [0.717, 1.165) is 5.92 Å². The molecule has 3 N–H and O–H groups in total. The van der Waals surface area contributed by atoms with E-state index in [1.807, 2.05) is 11.3 Å². The summed E-state index contributed by atoms with van der Waals surface area (Å²) in [5.41, 5.74) is 5.87. The average molecular weight is 238 g/mol. The number of aryl methyl sites for hydroxylation is 1. The first-order chi connectivity index (χ1) is 7.69. The van der Waals surface area contributed by atoms with Crippen molar-refractivity contribution in [2.24, 2.45) is 11.7 Å². The standard InChI is InChI=1S/C13H22N2S/c1-9-3-5-11(7-9)15-12(8-14)13-6-4-10(2)16-13/h4,6,9,11-12,15H,3,5,7-8,14H2,1-2H3. The van der Waals surface area contributed by atoms with Crippen LogP contribution in [-0.4, -0.2) is 12.6 Å². The van der Waals surface area contributed by atoms with Crippen LogP contribution in [0, 0.1) is 12.8 Å². The minimum atomic E-state index is 0.356. The Balaban J connectivity index is 1.95. The van der Waals surface area contributed by atoms with Crippen LogP contribution in [0.3, 0.4) is 0 Å². The summed E-state index contributed by atoms with van der Waals surface area (Å²) < 4.78 is 0. The quantitative estimate of drug-likeness (QED) is 0.846. The van der Waals surface area contributed by atoms with E-state index in [1.54, 1.807) is 0 Å². The highest BCUT2D eigenvalue weighted by Gasteiger charge is 2.24. The summed E-state index contributed by atoms with van der Waals surface area (Å²) in [7, 11) is 0. The Hall–Kier alpha value is -0.380. The molecule has 2 nitrogen and oxygen atoms in total. The molecule has 3 unspecified atom stereocenters. The molecule has 0 aliphatic heterocycles. The van der Waals surface area contributed by atoms with Gasteiger partial charge in [0.2, 0.25) is 0 Å². The van der Waals surface area contributed by atoms with Gasteiger partial charge in [0.25, 0.3) is 0 Å². The Bertz CT molecular complexity index is 334. The fourth-order valence-corrected chi connectivity index (χ4v) is 3.50. The SMILES string of the molecule is Cc1ccc(C(CN)NC2CCC(C)C2)s1. The van der Waals surface area contributed by atoms with E-state index in [-0.39, 0.29) is 0 Å². The van der Waals surface area contributed by atoms with Crippen molar-refractivity contribution in [2.75, 3.05) is 6.54 Å². The molecule has 1 heterocycles. The van der Waals surface area contributed by atoms with Crippen LogP contribution < -0.4 is 11.1 Å². The number of nitrogens with one attached hydrogen (secondary N) is 1. The second kappa shape index (κ2) is 5.30. The average Bonchev–Trinajstić information content (AvgIpc) is 2.84. The van der Waals surface area contributed by atoms with Gasteiger partial charge >= 0.3 is 0 Å². The topological polar surface area (TPSA) is 38.0 Å². The molecule has 0 amide bonds. The number of hydrogen-bond donors (Lipinski definition) is 2. The predicted molar refractivity (Wildman–Crippen MR) is 70.8 cm³/mol. The number of rotatable bonds is 4. The first kappa shape index (κ1) is 12.1. The van der Waals surface area contributed by atoms with Crippen LogP contribution >= 0.6 is 11.3 Å². The molecular formula is C13H22N2S. The number of nitrogens with two attached hydrogens (primary N) is 1. The number of hydrogen-bond acceptors (Lipinski definition) is 3. The monoisotopic (exact) mass is 238 g/mol. The van der Waals surface area contributed by atoms with E-state index in [4.69, 9.17) is 5.73 Å². The first-order valence-corrected chi connectivity index (χ1v) is 7.03. The van der Waals surface area contributed by atoms with Gasteiger partial charge in [-0.25, -0.2) is 0 Å². The van der Waals surface area contributed by atoms with Gasteiger partial charge in [-0.3, -0.25) is 0 Å². The summed E-state index contributed by atoms with van der Waals surface area (Å²) in [4.78, 5) is 2.76. The lowest BCUT2D eigenvalue weighted by Crippen LogP contribution is -2.34. The molecular weight excluding hydrogens is 216 g/mol. The molecule has 1 aliphatic carbocycles. The summed E-state index contributed by atoms with van der Waals surface area (Å²) in [6.45, 7) is 5.19. The van der Waals surface area contributed by atoms with Crippen LogP contribution in [0.4, 0.5) is 0 Å². The highest BCUT2D eigenvalue weighted by molar-refractivity contribution is 7.12. The lowest BCUT2D eigenvalue weighted by atomic mass is 10.1. The third kappa shape index (κ3) is 2.84. The van der Waals surface area contributed by atoms with Crippen molar-refractivity contribution in [3.63, 3.8) is 0 Å². The van der Waals surface area contributed by atoms with Crippen molar-refractivity contribution >= 4 is 11.3 Å². The zero-order chi connectivity index (χ0) is 11.5. The van der Waals surface area contributed by atoms with Crippen LogP contribution in [0.25, 0.3) is 0 Å². The summed E-state index contributed by atoms with van der Waals surface area (Å²) in [6, 6.07) is 5.42. The Labute approximate surface area is 102 Å². The fourth-order valence-electron chi connectivity index (χ4n) is 2.55. The summed E-state index contributed by atoms with van der Waals surface area (Å²) in [5.74, 6) is 0.876. The fraction of sp³-hybridized carbons (Fsp3) is 0.692.